The van der Waals surface area contributed by atoms with Crippen LogP contribution in [0, 0.1) is 12.8 Å². The molecule has 2 aliphatic heterocycles. The molecule has 1 aromatic heterocycles. The van der Waals surface area contributed by atoms with Gasteiger partial charge in [-0.3, -0.25) is 14.9 Å². The third-order valence-corrected chi connectivity index (χ3v) is 9.25. The van der Waals surface area contributed by atoms with Gasteiger partial charge in [0.15, 0.2) is 0 Å². The molecule has 2 fully saturated rings. The fourth-order valence-electron chi connectivity index (χ4n) is 6.84. The van der Waals surface area contributed by atoms with Crippen LogP contribution in [0.25, 0.3) is 5.69 Å². The van der Waals surface area contributed by atoms with Crippen molar-refractivity contribution in [1.29, 1.82) is 0 Å². The molecule has 2 atom stereocenters. The van der Waals surface area contributed by atoms with Crippen molar-refractivity contribution in [3.05, 3.63) is 107 Å². The zero-order valence-corrected chi connectivity index (χ0v) is 27.1. The van der Waals surface area contributed by atoms with Crippen LogP contribution in [-0.2, 0) is 27.8 Å². The number of nitrogens with one attached hydrogen (secondary N) is 2. The van der Waals surface area contributed by atoms with E-state index in [1.165, 1.54) is 5.56 Å². The molecular weight excluding hydrogens is 574 g/mol. The van der Waals surface area contributed by atoms with Gasteiger partial charge >= 0.3 is 6.03 Å². The van der Waals surface area contributed by atoms with Crippen LogP contribution in [0.5, 0.6) is 0 Å². The van der Waals surface area contributed by atoms with E-state index in [9.17, 15) is 14.4 Å². The summed E-state index contributed by atoms with van der Waals surface area (Å²) in [5.74, 6) is 0.416. The second-order valence-electron chi connectivity index (χ2n) is 13.9. The van der Waals surface area contributed by atoms with Crippen molar-refractivity contribution in [2.24, 2.45) is 5.92 Å². The molecule has 238 valence electrons. The van der Waals surface area contributed by atoms with Gasteiger partial charge in [0.1, 0.15) is 5.82 Å². The highest BCUT2D eigenvalue weighted by molar-refractivity contribution is 6.36. The Morgan fingerprint density at radius 3 is 2.11 bits per heavy atom. The molecule has 8 nitrogen and oxygen atoms in total. The van der Waals surface area contributed by atoms with Crippen molar-refractivity contribution >= 4 is 29.2 Å². The van der Waals surface area contributed by atoms with E-state index >= 15 is 0 Å². The molecule has 2 aliphatic rings. The smallest absolute Gasteiger partial charge is 0.324 e. The molecule has 4 aromatic rings. The van der Waals surface area contributed by atoms with E-state index in [0.717, 1.165) is 54.6 Å². The molecule has 3 heterocycles. The number of hydrogen-bond acceptors (Lipinski definition) is 4. The number of rotatable bonds is 8. The van der Waals surface area contributed by atoms with Crippen LogP contribution in [0.15, 0.2) is 84.9 Å². The molecule has 3 aromatic carbocycles. The average molecular weight is 618 g/mol. The minimum Gasteiger partial charge on any atom is -0.330 e. The van der Waals surface area contributed by atoms with Crippen LogP contribution >= 0.6 is 0 Å². The number of Topliss-reactive ketones (excluding diaryl/α,β-unsaturated/α-hetero) is 1. The first kappa shape index (κ1) is 31.3. The first-order chi connectivity index (χ1) is 22.0. The molecule has 0 radical (unpaired) electrons. The van der Waals surface area contributed by atoms with Crippen LogP contribution in [0.3, 0.4) is 0 Å². The minimum atomic E-state index is -0.336. The number of aromatic nitrogens is 2. The van der Waals surface area contributed by atoms with E-state index in [4.69, 9.17) is 5.10 Å². The number of carbonyl (C=O) groups excluding carboxylic acids is 3. The van der Waals surface area contributed by atoms with Gasteiger partial charge in [-0.15, -0.1) is 0 Å². The monoisotopic (exact) mass is 617 g/mol. The fraction of sp³-hybridized carbons (Fsp3) is 0.368. The molecule has 2 unspecified atom stereocenters. The molecular formula is C38H43N5O3. The number of nitrogens with zero attached hydrogens (tertiary/aromatic N) is 3. The van der Waals surface area contributed by atoms with Gasteiger partial charge in [-0.1, -0.05) is 80.9 Å². The first-order valence-corrected chi connectivity index (χ1v) is 16.3. The third-order valence-electron chi connectivity index (χ3n) is 9.25. The predicted molar refractivity (Wildman–Crippen MR) is 181 cm³/mol. The molecule has 0 spiro atoms. The fourth-order valence-corrected chi connectivity index (χ4v) is 6.84. The van der Waals surface area contributed by atoms with Gasteiger partial charge in [0.25, 0.3) is 5.91 Å². The third kappa shape index (κ3) is 7.06. The second kappa shape index (κ2) is 12.9. The normalized spacial score (nSPS) is 19.1. The van der Waals surface area contributed by atoms with Gasteiger partial charge in [-0.25, -0.2) is 9.48 Å². The Bertz CT molecular complexity index is 1690. The van der Waals surface area contributed by atoms with Crippen molar-refractivity contribution in [2.75, 3.05) is 10.6 Å². The summed E-state index contributed by atoms with van der Waals surface area (Å²) >= 11 is 0. The number of aryl methyl sites for hydroxylation is 1. The number of carbonyl (C=O) groups is 3. The second-order valence-corrected chi connectivity index (χ2v) is 13.9. The summed E-state index contributed by atoms with van der Waals surface area (Å²) in [5, 5.41) is 10.7. The molecule has 8 heteroatoms. The Labute approximate surface area is 271 Å². The SMILES string of the molecule is Cc1ccc(-n2nc(C(C)(C)C)cc2NC(=O)Nc2ccc(CC3CC4CCC(C3)N4C(=O)C(=O)Cc3ccccc3)cc2)cc1. The van der Waals surface area contributed by atoms with Gasteiger partial charge in [-0.05, 0) is 80.3 Å². The lowest BCUT2D eigenvalue weighted by atomic mass is 9.85. The van der Waals surface area contributed by atoms with Gasteiger partial charge in [0.05, 0.1) is 11.4 Å². The quantitative estimate of drug-likeness (QED) is 0.204. The standard InChI is InChI=1S/C38H43N5O3/c1-25-10-16-30(17-11-25)43-35(24-34(41-43)38(2,3)4)40-37(46)39-29-14-12-27(13-15-29)20-28-21-31-18-19-32(22-28)42(31)36(45)33(44)23-26-8-6-5-7-9-26/h5-17,24,28,31-32H,18-23H2,1-4H3,(H2,39,40,46). The van der Waals surface area contributed by atoms with Crippen molar-refractivity contribution in [3.8, 4) is 5.69 Å². The average Bonchev–Trinajstić information content (AvgIpc) is 3.56. The van der Waals surface area contributed by atoms with Crippen LogP contribution in [0.2, 0.25) is 0 Å². The van der Waals surface area contributed by atoms with Gasteiger partial charge < -0.3 is 10.2 Å². The molecule has 2 N–H and O–H groups in total. The summed E-state index contributed by atoms with van der Waals surface area (Å²) in [7, 11) is 0. The van der Waals surface area contributed by atoms with Crippen LogP contribution in [-0.4, -0.2) is 44.5 Å². The van der Waals surface area contributed by atoms with E-state index in [1.54, 1.807) is 4.68 Å². The predicted octanol–water partition coefficient (Wildman–Crippen LogP) is 7.25. The Kier molecular flexibility index (Phi) is 8.80. The molecule has 2 saturated heterocycles. The summed E-state index contributed by atoms with van der Waals surface area (Å²) in [6.45, 7) is 8.34. The molecule has 3 amide bonds. The van der Waals surface area contributed by atoms with Crippen molar-refractivity contribution < 1.29 is 14.4 Å². The molecule has 0 aliphatic carbocycles. The number of benzene rings is 3. The number of piperidine rings is 1. The maximum Gasteiger partial charge on any atom is 0.324 e. The van der Waals surface area contributed by atoms with E-state index in [2.05, 4.69) is 43.5 Å². The molecule has 0 saturated carbocycles. The highest BCUT2D eigenvalue weighted by atomic mass is 16.2. The number of ketones is 1. The van der Waals surface area contributed by atoms with Gasteiger partial charge in [0.2, 0.25) is 5.78 Å². The maximum atomic E-state index is 13.1. The summed E-state index contributed by atoms with van der Waals surface area (Å²) < 4.78 is 1.77. The van der Waals surface area contributed by atoms with Crippen molar-refractivity contribution in [1.82, 2.24) is 14.7 Å². The molecule has 6 rings (SSSR count). The summed E-state index contributed by atoms with van der Waals surface area (Å²) in [5.41, 5.74) is 5.52. The summed E-state index contributed by atoms with van der Waals surface area (Å²) in [4.78, 5) is 40.9. The Morgan fingerprint density at radius 1 is 0.826 bits per heavy atom. The van der Waals surface area contributed by atoms with Crippen LogP contribution in [0.4, 0.5) is 16.3 Å². The lowest BCUT2D eigenvalue weighted by Crippen LogP contribution is -2.49. The number of fused-ring (bicyclic) bond motifs is 2. The lowest BCUT2D eigenvalue weighted by molar-refractivity contribution is -0.148. The van der Waals surface area contributed by atoms with Crippen molar-refractivity contribution in [3.63, 3.8) is 0 Å². The van der Waals surface area contributed by atoms with Crippen LogP contribution in [0.1, 0.15) is 68.8 Å². The topological polar surface area (TPSA) is 96.3 Å². The first-order valence-electron chi connectivity index (χ1n) is 16.3. The Balaban J connectivity index is 1.05. The number of anilines is 2. The zero-order chi connectivity index (χ0) is 32.4. The summed E-state index contributed by atoms with van der Waals surface area (Å²) in [6.07, 6.45) is 4.81. The highest BCUT2D eigenvalue weighted by Gasteiger charge is 2.44. The maximum absolute atomic E-state index is 13.1. The van der Waals surface area contributed by atoms with Gasteiger partial charge in [0, 0.05) is 35.7 Å². The highest BCUT2D eigenvalue weighted by Crippen LogP contribution is 2.40. The Morgan fingerprint density at radius 2 is 1.48 bits per heavy atom. The zero-order valence-electron chi connectivity index (χ0n) is 27.1. The van der Waals surface area contributed by atoms with E-state index in [0.29, 0.717) is 17.4 Å². The molecule has 46 heavy (non-hydrogen) atoms. The molecule has 2 bridgehead atoms. The summed E-state index contributed by atoms with van der Waals surface area (Å²) in [6, 6.07) is 27.4. The Hall–Kier alpha value is -4.72. The van der Waals surface area contributed by atoms with Gasteiger partial charge in [-0.2, -0.15) is 5.10 Å². The number of hydrogen-bond donors (Lipinski definition) is 2. The van der Waals surface area contributed by atoms with Crippen LogP contribution < -0.4 is 10.6 Å². The largest absolute Gasteiger partial charge is 0.330 e. The minimum absolute atomic E-state index is 0.132. The number of urea groups is 1. The number of amides is 3. The van der Waals surface area contributed by atoms with E-state index in [-0.39, 0.29) is 41.6 Å². The van der Waals surface area contributed by atoms with E-state index in [1.807, 2.05) is 84.6 Å². The van der Waals surface area contributed by atoms with E-state index < -0.39 is 0 Å². The van der Waals surface area contributed by atoms with Crippen molar-refractivity contribution in [2.45, 2.75) is 83.7 Å². The lowest BCUT2D eigenvalue weighted by Gasteiger charge is -2.38.